The first-order valence-corrected chi connectivity index (χ1v) is 11.2. The lowest BCUT2D eigenvalue weighted by Gasteiger charge is -2.51. The third-order valence-corrected chi connectivity index (χ3v) is 6.76. The predicted octanol–water partition coefficient (Wildman–Crippen LogP) is 6.08. The van der Waals surface area contributed by atoms with E-state index in [0.717, 1.165) is 23.5 Å². The van der Waals surface area contributed by atoms with Gasteiger partial charge < -0.3 is 10.4 Å². The molecule has 0 bridgehead atoms. The van der Waals surface area contributed by atoms with E-state index in [0.29, 0.717) is 5.02 Å². The molecule has 1 aliphatic rings. The van der Waals surface area contributed by atoms with Crippen LogP contribution in [0.4, 0.5) is 23.7 Å². The average molecular weight is 515 g/mol. The summed E-state index contributed by atoms with van der Waals surface area (Å²) in [5.74, 6) is -3.10. The normalized spacial score (nSPS) is 23.3. The van der Waals surface area contributed by atoms with Crippen molar-refractivity contribution in [3.8, 4) is 0 Å². The second-order valence-corrected chi connectivity index (χ2v) is 9.15. The summed E-state index contributed by atoms with van der Waals surface area (Å²) in [5, 5.41) is 15.9. The molecule has 0 radical (unpaired) electrons. The lowest BCUT2D eigenvalue weighted by atomic mass is 9.77. The standard InChI is InChI=1S/C22H15Cl2F3N2O3S/c23-13-5-3-12(4-6-13)18-17(19(30)16-2-1-11-33-16)21(32,22(25,26)27)29(20(31)28-18)15-9-7-14(24)8-10-15/h1-11,17-18,32H,(H,28,31)/t17-,18-,21+/m0/s1. The number of urea groups is 1. The molecule has 1 aromatic heterocycles. The number of aliphatic hydroxyl groups is 1. The maximum Gasteiger partial charge on any atom is 0.437 e. The van der Waals surface area contributed by atoms with Gasteiger partial charge in [0.1, 0.15) is 5.92 Å². The van der Waals surface area contributed by atoms with Crippen LogP contribution in [0.2, 0.25) is 10.0 Å². The van der Waals surface area contributed by atoms with Crippen LogP contribution in [-0.4, -0.2) is 28.8 Å². The zero-order valence-electron chi connectivity index (χ0n) is 16.5. The van der Waals surface area contributed by atoms with E-state index in [9.17, 15) is 27.9 Å². The fourth-order valence-electron chi connectivity index (χ4n) is 3.87. The molecule has 33 heavy (non-hydrogen) atoms. The van der Waals surface area contributed by atoms with Crippen LogP contribution in [-0.2, 0) is 0 Å². The van der Waals surface area contributed by atoms with Gasteiger partial charge in [-0.05, 0) is 53.4 Å². The highest BCUT2D eigenvalue weighted by Gasteiger charge is 2.70. The summed E-state index contributed by atoms with van der Waals surface area (Å²) in [4.78, 5) is 26.6. The van der Waals surface area contributed by atoms with Crippen LogP contribution in [0.1, 0.15) is 21.3 Å². The van der Waals surface area contributed by atoms with Gasteiger partial charge >= 0.3 is 12.2 Å². The summed E-state index contributed by atoms with van der Waals surface area (Å²) in [7, 11) is 0. The molecular weight excluding hydrogens is 500 g/mol. The van der Waals surface area contributed by atoms with Crippen molar-refractivity contribution in [1.82, 2.24) is 5.32 Å². The Bertz CT molecular complexity index is 1170. The Morgan fingerprint density at radius 2 is 1.61 bits per heavy atom. The van der Waals surface area contributed by atoms with Gasteiger partial charge in [0.15, 0.2) is 5.78 Å². The van der Waals surface area contributed by atoms with Crippen LogP contribution < -0.4 is 10.2 Å². The Labute approximate surface area is 200 Å². The third kappa shape index (κ3) is 4.10. The molecule has 2 N–H and O–H groups in total. The van der Waals surface area contributed by atoms with E-state index >= 15 is 0 Å². The highest BCUT2D eigenvalue weighted by Crippen LogP contribution is 2.50. The Hall–Kier alpha value is -2.59. The summed E-state index contributed by atoms with van der Waals surface area (Å²) in [6.45, 7) is 0. The quantitative estimate of drug-likeness (QED) is 0.414. The monoisotopic (exact) mass is 514 g/mol. The van der Waals surface area contributed by atoms with E-state index in [1.165, 1.54) is 53.9 Å². The molecule has 1 saturated heterocycles. The number of Topliss-reactive ketones (excluding diaryl/α,β-unsaturated/α-hetero) is 1. The van der Waals surface area contributed by atoms with Crippen LogP contribution in [0.15, 0.2) is 66.0 Å². The number of nitrogens with one attached hydrogen (secondary N) is 1. The smallest absolute Gasteiger partial charge is 0.362 e. The first-order valence-electron chi connectivity index (χ1n) is 9.52. The first kappa shape index (κ1) is 23.6. The molecule has 5 nitrogen and oxygen atoms in total. The highest BCUT2D eigenvalue weighted by molar-refractivity contribution is 7.12. The van der Waals surface area contributed by atoms with Gasteiger partial charge in [-0.2, -0.15) is 13.2 Å². The van der Waals surface area contributed by atoms with Crippen LogP contribution >= 0.6 is 34.5 Å². The van der Waals surface area contributed by atoms with Crippen LogP contribution in [0.5, 0.6) is 0 Å². The minimum atomic E-state index is -5.40. The van der Waals surface area contributed by atoms with Crippen LogP contribution in [0.3, 0.4) is 0 Å². The number of hydrogen-bond acceptors (Lipinski definition) is 4. The molecule has 1 fully saturated rings. The predicted molar refractivity (Wildman–Crippen MR) is 120 cm³/mol. The van der Waals surface area contributed by atoms with Gasteiger partial charge in [-0.3, -0.25) is 9.69 Å². The number of anilines is 1. The van der Waals surface area contributed by atoms with Gasteiger partial charge in [-0.15, -0.1) is 11.3 Å². The molecule has 4 rings (SSSR count). The van der Waals surface area contributed by atoms with Crippen molar-refractivity contribution in [3.05, 3.63) is 86.5 Å². The number of alkyl halides is 3. The average Bonchev–Trinajstić information content (AvgIpc) is 3.29. The van der Waals surface area contributed by atoms with Crippen molar-refractivity contribution in [2.45, 2.75) is 17.9 Å². The van der Waals surface area contributed by atoms with Gasteiger partial charge in [0.25, 0.3) is 5.72 Å². The van der Waals surface area contributed by atoms with E-state index in [1.807, 2.05) is 0 Å². The molecule has 2 heterocycles. The van der Waals surface area contributed by atoms with Gasteiger partial charge in [0, 0.05) is 15.7 Å². The van der Waals surface area contributed by atoms with Crippen molar-refractivity contribution >= 4 is 52.0 Å². The number of benzene rings is 2. The van der Waals surface area contributed by atoms with Crippen molar-refractivity contribution in [2.24, 2.45) is 5.92 Å². The zero-order valence-corrected chi connectivity index (χ0v) is 18.8. The first-order chi connectivity index (χ1) is 15.5. The van der Waals surface area contributed by atoms with Gasteiger partial charge in [0.2, 0.25) is 0 Å². The van der Waals surface area contributed by atoms with Crippen LogP contribution in [0, 0.1) is 5.92 Å². The fourth-order valence-corrected chi connectivity index (χ4v) is 4.82. The number of carbonyl (C=O) groups is 2. The molecule has 3 atom stereocenters. The lowest BCUT2D eigenvalue weighted by Crippen LogP contribution is -2.74. The molecule has 2 amide bonds. The fraction of sp³-hybridized carbons (Fsp3) is 0.182. The molecule has 0 saturated carbocycles. The molecule has 1 aliphatic heterocycles. The molecule has 172 valence electrons. The maximum atomic E-state index is 14.7. The number of nitrogens with zero attached hydrogens (tertiary/aromatic N) is 1. The number of hydrogen-bond donors (Lipinski definition) is 2. The van der Waals surface area contributed by atoms with E-state index in [4.69, 9.17) is 23.2 Å². The topological polar surface area (TPSA) is 69.6 Å². The highest BCUT2D eigenvalue weighted by atomic mass is 35.5. The molecule has 3 aromatic rings. The zero-order chi connectivity index (χ0) is 24.0. The van der Waals surface area contributed by atoms with Crippen molar-refractivity contribution in [1.29, 1.82) is 0 Å². The number of ketones is 1. The second kappa shape index (κ2) is 8.64. The van der Waals surface area contributed by atoms with Crippen molar-refractivity contribution in [3.63, 3.8) is 0 Å². The summed E-state index contributed by atoms with van der Waals surface area (Å²) < 4.78 is 44.0. The molecule has 11 heteroatoms. The molecular formula is C22H15Cl2F3N2O3S. The maximum absolute atomic E-state index is 14.7. The Morgan fingerprint density at radius 1 is 1.03 bits per heavy atom. The number of halogens is 5. The largest absolute Gasteiger partial charge is 0.437 e. The number of thiophene rings is 1. The minimum Gasteiger partial charge on any atom is -0.362 e. The van der Waals surface area contributed by atoms with Gasteiger partial charge in [-0.25, -0.2) is 4.79 Å². The third-order valence-electron chi connectivity index (χ3n) is 5.37. The number of amides is 2. The molecule has 2 aromatic carbocycles. The number of rotatable bonds is 4. The summed E-state index contributed by atoms with van der Waals surface area (Å²) in [6, 6.07) is 10.7. The van der Waals surface area contributed by atoms with E-state index in [2.05, 4.69) is 5.32 Å². The van der Waals surface area contributed by atoms with Crippen molar-refractivity contribution < 1.29 is 27.9 Å². The molecule has 0 spiro atoms. The van der Waals surface area contributed by atoms with E-state index < -0.39 is 35.7 Å². The van der Waals surface area contributed by atoms with Gasteiger partial charge in [0.05, 0.1) is 10.9 Å². The van der Waals surface area contributed by atoms with Crippen molar-refractivity contribution in [2.75, 3.05) is 4.90 Å². The summed E-state index contributed by atoms with van der Waals surface area (Å²) in [5.41, 5.74) is -3.97. The SMILES string of the molecule is O=C(c1cccs1)[C@@H]1[C@H](c2ccc(Cl)cc2)NC(=O)N(c2ccc(Cl)cc2)[C@]1(O)C(F)(F)F. The Morgan fingerprint density at radius 3 is 2.12 bits per heavy atom. The van der Waals surface area contributed by atoms with Crippen LogP contribution in [0.25, 0.3) is 0 Å². The summed E-state index contributed by atoms with van der Waals surface area (Å²) >= 11 is 12.7. The van der Waals surface area contributed by atoms with E-state index in [-0.39, 0.29) is 26.1 Å². The van der Waals surface area contributed by atoms with E-state index in [1.54, 1.807) is 0 Å². The lowest BCUT2D eigenvalue weighted by molar-refractivity contribution is -0.275. The molecule has 0 aliphatic carbocycles. The molecule has 0 unspecified atom stereocenters. The second-order valence-electron chi connectivity index (χ2n) is 7.33. The number of carbonyl (C=O) groups excluding carboxylic acids is 2. The van der Waals surface area contributed by atoms with Gasteiger partial charge in [-0.1, -0.05) is 41.4 Å². The Kier molecular flexibility index (Phi) is 6.17. The Balaban J connectivity index is 1.95. The minimum absolute atomic E-state index is 0.00819. The summed E-state index contributed by atoms with van der Waals surface area (Å²) in [6.07, 6.45) is -5.40.